The Morgan fingerprint density at radius 3 is 2.10 bits per heavy atom. The molecule has 5 atom stereocenters. The van der Waals surface area contributed by atoms with E-state index < -0.39 is 43.6 Å². The molecular formula is C22H42O7. The highest BCUT2D eigenvalue weighted by atomic mass is 16.5. The fourth-order valence-corrected chi connectivity index (χ4v) is 3.01. The maximum absolute atomic E-state index is 11.8. The molecule has 0 bridgehead atoms. The Bertz CT molecular complexity index is 464. The first-order valence-electron chi connectivity index (χ1n) is 10.7. The van der Waals surface area contributed by atoms with Gasteiger partial charge < -0.3 is 30.3 Å². The zero-order valence-electron chi connectivity index (χ0n) is 18.5. The predicted molar refractivity (Wildman–Crippen MR) is 112 cm³/mol. The van der Waals surface area contributed by atoms with E-state index in [0.29, 0.717) is 5.92 Å². The van der Waals surface area contributed by atoms with Crippen molar-refractivity contribution in [1.29, 1.82) is 0 Å². The Kier molecular flexibility index (Phi) is 15.3. The monoisotopic (exact) mass is 418 g/mol. The topological polar surface area (TPSA) is 127 Å². The van der Waals surface area contributed by atoms with Crippen LogP contribution < -0.4 is 0 Å². The molecule has 0 saturated carbocycles. The highest BCUT2D eigenvalue weighted by molar-refractivity contribution is 5.71. The minimum Gasteiger partial charge on any atom is -0.463 e. The Morgan fingerprint density at radius 2 is 1.52 bits per heavy atom. The molecule has 0 aromatic heterocycles. The second-order valence-electron chi connectivity index (χ2n) is 8.56. The number of aliphatic hydroxyl groups is 5. The molecule has 5 N–H and O–H groups in total. The zero-order valence-corrected chi connectivity index (χ0v) is 18.5. The summed E-state index contributed by atoms with van der Waals surface area (Å²) in [6.45, 7) is 7.49. The Labute approximate surface area is 175 Å². The van der Waals surface area contributed by atoms with Crippen LogP contribution in [0, 0.1) is 11.8 Å². The zero-order chi connectivity index (χ0) is 22.4. The molecule has 29 heavy (non-hydrogen) atoms. The van der Waals surface area contributed by atoms with Crippen LogP contribution in [0.1, 0.15) is 72.6 Å². The molecule has 0 aliphatic heterocycles. The standard InChI is InChI=1S/C22H42O7/c1-15(2)7-5-8-16(3)9-6-10-17(4)11-12-20(26)29-14-19(25)22(28)21(27)18(24)13-23/h11,15-16,18-19,21-25,27-28H,5-10,12-14H2,1-4H3/t16?,18-,19-,21-,22-/m0/s1. The lowest BCUT2D eigenvalue weighted by Crippen LogP contribution is -2.47. The largest absolute Gasteiger partial charge is 0.463 e. The minimum atomic E-state index is -1.73. The molecule has 172 valence electrons. The molecule has 0 aliphatic rings. The molecule has 1 unspecified atom stereocenters. The van der Waals surface area contributed by atoms with Crippen molar-refractivity contribution in [3.63, 3.8) is 0 Å². The van der Waals surface area contributed by atoms with Crippen LogP contribution in [-0.4, -0.2) is 69.1 Å². The van der Waals surface area contributed by atoms with E-state index in [2.05, 4.69) is 20.8 Å². The molecule has 7 nitrogen and oxygen atoms in total. The van der Waals surface area contributed by atoms with E-state index in [9.17, 15) is 25.2 Å². The maximum Gasteiger partial charge on any atom is 0.309 e. The van der Waals surface area contributed by atoms with Crippen molar-refractivity contribution < 1.29 is 35.1 Å². The summed E-state index contributed by atoms with van der Waals surface area (Å²) >= 11 is 0. The minimum absolute atomic E-state index is 0.0699. The Hall–Kier alpha value is -0.990. The number of carbonyl (C=O) groups is 1. The lowest BCUT2D eigenvalue weighted by molar-refractivity contribution is -0.155. The van der Waals surface area contributed by atoms with Crippen molar-refractivity contribution in [2.45, 2.75) is 97.1 Å². The van der Waals surface area contributed by atoms with Crippen LogP contribution in [0.25, 0.3) is 0 Å². The van der Waals surface area contributed by atoms with Gasteiger partial charge in [0, 0.05) is 0 Å². The molecule has 0 aliphatic carbocycles. The number of hydrogen-bond donors (Lipinski definition) is 5. The second kappa shape index (κ2) is 15.8. The van der Waals surface area contributed by atoms with Gasteiger partial charge in [-0.05, 0) is 31.6 Å². The van der Waals surface area contributed by atoms with Gasteiger partial charge in [-0.2, -0.15) is 0 Å². The molecule has 0 saturated heterocycles. The average Bonchev–Trinajstić information content (AvgIpc) is 2.68. The van der Waals surface area contributed by atoms with E-state index in [4.69, 9.17) is 9.84 Å². The van der Waals surface area contributed by atoms with Gasteiger partial charge in [0.25, 0.3) is 0 Å². The molecule has 7 heteroatoms. The van der Waals surface area contributed by atoms with Gasteiger partial charge in [0.1, 0.15) is 31.0 Å². The molecule has 0 heterocycles. The lowest BCUT2D eigenvalue weighted by Gasteiger charge is -2.25. The van der Waals surface area contributed by atoms with Crippen LogP contribution >= 0.6 is 0 Å². The fraction of sp³-hybridized carbons (Fsp3) is 0.864. The third-order valence-electron chi connectivity index (χ3n) is 5.10. The second-order valence-corrected chi connectivity index (χ2v) is 8.56. The van der Waals surface area contributed by atoms with Crippen molar-refractivity contribution in [1.82, 2.24) is 0 Å². The van der Waals surface area contributed by atoms with Gasteiger partial charge in [0.2, 0.25) is 0 Å². The molecule has 0 aromatic carbocycles. The van der Waals surface area contributed by atoms with E-state index in [1.54, 1.807) is 6.08 Å². The molecular weight excluding hydrogens is 376 g/mol. The van der Waals surface area contributed by atoms with Gasteiger partial charge in [-0.25, -0.2) is 0 Å². The molecule has 0 fully saturated rings. The van der Waals surface area contributed by atoms with Gasteiger partial charge in [-0.15, -0.1) is 0 Å². The van der Waals surface area contributed by atoms with Gasteiger partial charge in [0.15, 0.2) is 0 Å². The number of hydrogen-bond acceptors (Lipinski definition) is 7. The molecule has 0 radical (unpaired) electrons. The molecule has 0 amide bonds. The van der Waals surface area contributed by atoms with Crippen LogP contribution in [0.2, 0.25) is 0 Å². The SMILES string of the molecule is CC(=CCC(=O)OC[C@H](O)[C@H](O)[C@@H](O)[C@@H](O)CO)CCCC(C)CCCC(C)C. The highest BCUT2D eigenvalue weighted by Crippen LogP contribution is 2.19. The first-order valence-corrected chi connectivity index (χ1v) is 10.7. The number of aliphatic hydroxyl groups excluding tert-OH is 5. The Balaban J connectivity index is 4.05. The summed E-state index contributed by atoms with van der Waals surface area (Å²) in [4.78, 5) is 11.8. The normalized spacial score (nSPS) is 17.7. The lowest BCUT2D eigenvalue weighted by atomic mass is 9.94. The number of ether oxygens (including phenoxy) is 1. The van der Waals surface area contributed by atoms with Crippen molar-refractivity contribution in [2.75, 3.05) is 13.2 Å². The first kappa shape index (κ1) is 28.0. The van der Waals surface area contributed by atoms with Crippen LogP contribution in [0.15, 0.2) is 11.6 Å². The van der Waals surface area contributed by atoms with E-state index in [0.717, 1.165) is 24.3 Å². The first-order chi connectivity index (χ1) is 13.6. The van der Waals surface area contributed by atoms with Crippen LogP contribution in [0.5, 0.6) is 0 Å². The third kappa shape index (κ3) is 13.8. The number of rotatable bonds is 16. The Morgan fingerprint density at radius 1 is 0.931 bits per heavy atom. The van der Waals surface area contributed by atoms with Crippen LogP contribution in [0.3, 0.4) is 0 Å². The van der Waals surface area contributed by atoms with E-state index in [-0.39, 0.29) is 6.42 Å². The summed E-state index contributed by atoms with van der Waals surface area (Å²) < 4.78 is 4.90. The van der Waals surface area contributed by atoms with Crippen molar-refractivity contribution >= 4 is 5.97 Å². The summed E-state index contributed by atoms with van der Waals surface area (Å²) in [6, 6.07) is 0. The molecule has 0 aromatic rings. The van der Waals surface area contributed by atoms with Crippen LogP contribution in [0.4, 0.5) is 0 Å². The van der Waals surface area contributed by atoms with E-state index in [1.165, 1.54) is 25.7 Å². The number of esters is 1. The number of carbonyl (C=O) groups excluding carboxylic acids is 1. The van der Waals surface area contributed by atoms with Crippen LogP contribution in [-0.2, 0) is 9.53 Å². The average molecular weight is 419 g/mol. The van der Waals surface area contributed by atoms with E-state index >= 15 is 0 Å². The highest BCUT2D eigenvalue weighted by Gasteiger charge is 2.30. The van der Waals surface area contributed by atoms with Crippen molar-refractivity contribution in [3.8, 4) is 0 Å². The summed E-state index contributed by atoms with van der Waals surface area (Å²) in [6.07, 6.45) is 2.24. The molecule has 0 rings (SSSR count). The van der Waals surface area contributed by atoms with Gasteiger partial charge in [0.05, 0.1) is 13.0 Å². The predicted octanol–water partition coefficient (Wildman–Crippen LogP) is 1.93. The summed E-state index contributed by atoms with van der Waals surface area (Å²) in [5.41, 5.74) is 1.11. The third-order valence-corrected chi connectivity index (χ3v) is 5.10. The quantitative estimate of drug-likeness (QED) is 0.191. The number of allylic oxidation sites excluding steroid dienone is 1. The van der Waals surface area contributed by atoms with Crippen molar-refractivity contribution in [2.24, 2.45) is 11.8 Å². The summed E-state index contributed by atoms with van der Waals surface area (Å²) in [5.74, 6) is 0.919. The van der Waals surface area contributed by atoms with Gasteiger partial charge >= 0.3 is 5.97 Å². The van der Waals surface area contributed by atoms with Gasteiger partial charge in [-0.3, -0.25) is 4.79 Å². The van der Waals surface area contributed by atoms with Crippen molar-refractivity contribution in [3.05, 3.63) is 11.6 Å². The molecule has 0 spiro atoms. The fourth-order valence-electron chi connectivity index (χ4n) is 3.01. The smallest absolute Gasteiger partial charge is 0.309 e. The van der Waals surface area contributed by atoms with E-state index in [1.807, 2.05) is 6.92 Å². The van der Waals surface area contributed by atoms with Gasteiger partial charge in [-0.1, -0.05) is 58.1 Å². The summed E-state index contributed by atoms with van der Waals surface area (Å²) in [5, 5.41) is 46.9. The summed E-state index contributed by atoms with van der Waals surface area (Å²) in [7, 11) is 0. The maximum atomic E-state index is 11.8.